The SMILES string of the molecule is CCCNC(COC(C)C)c1cccc(OC)c1. The zero-order valence-electron chi connectivity index (χ0n) is 11.9. The number of methoxy groups -OCH3 is 1. The van der Waals surface area contributed by atoms with E-state index in [0.29, 0.717) is 6.61 Å². The summed E-state index contributed by atoms with van der Waals surface area (Å²) in [7, 11) is 1.69. The molecule has 0 aliphatic rings. The van der Waals surface area contributed by atoms with Crippen molar-refractivity contribution in [2.75, 3.05) is 20.3 Å². The molecule has 0 saturated carbocycles. The summed E-state index contributed by atoms with van der Waals surface area (Å²) in [4.78, 5) is 0. The standard InChI is InChI=1S/C15H25NO2/c1-5-9-16-15(11-18-12(2)3)13-7-6-8-14(10-13)17-4/h6-8,10,12,15-16H,5,9,11H2,1-4H3. The van der Waals surface area contributed by atoms with Crippen molar-refractivity contribution in [2.24, 2.45) is 0 Å². The number of hydrogen-bond donors (Lipinski definition) is 1. The Morgan fingerprint density at radius 2 is 2.06 bits per heavy atom. The smallest absolute Gasteiger partial charge is 0.119 e. The topological polar surface area (TPSA) is 30.5 Å². The van der Waals surface area contributed by atoms with Crippen LogP contribution in [0, 0.1) is 0 Å². The lowest BCUT2D eigenvalue weighted by Gasteiger charge is -2.21. The van der Waals surface area contributed by atoms with Crippen molar-refractivity contribution in [1.82, 2.24) is 5.32 Å². The minimum Gasteiger partial charge on any atom is -0.497 e. The van der Waals surface area contributed by atoms with Gasteiger partial charge in [-0.2, -0.15) is 0 Å². The van der Waals surface area contributed by atoms with E-state index in [0.717, 1.165) is 18.7 Å². The minimum absolute atomic E-state index is 0.224. The van der Waals surface area contributed by atoms with Crippen LogP contribution in [0.1, 0.15) is 38.8 Å². The molecule has 1 unspecified atom stereocenters. The van der Waals surface area contributed by atoms with Gasteiger partial charge in [-0.1, -0.05) is 19.1 Å². The van der Waals surface area contributed by atoms with E-state index in [-0.39, 0.29) is 12.1 Å². The largest absolute Gasteiger partial charge is 0.497 e. The zero-order chi connectivity index (χ0) is 13.4. The second-order valence-corrected chi connectivity index (χ2v) is 4.67. The number of nitrogens with one attached hydrogen (secondary N) is 1. The fourth-order valence-electron chi connectivity index (χ4n) is 1.74. The van der Waals surface area contributed by atoms with E-state index < -0.39 is 0 Å². The Bertz CT molecular complexity index is 339. The molecule has 0 aliphatic heterocycles. The van der Waals surface area contributed by atoms with Crippen LogP contribution >= 0.6 is 0 Å². The molecule has 1 rings (SSSR count). The third kappa shape index (κ3) is 5.07. The van der Waals surface area contributed by atoms with E-state index in [1.54, 1.807) is 7.11 Å². The molecule has 0 bridgehead atoms. The van der Waals surface area contributed by atoms with Crippen molar-refractivity contribution < 1.29 is 9.47 Å². The van der Waals surface area contributed by atoms with Crippen LogP contribution in [0.15, 0.2) is 24.3 Å². The molecular weight excluding hydrogens is 226 g/mol. The summed E-state index contributed by atoms with van der Waals surface area (Å²) < 4.78 is 11.0. The van der Waals surface area contributed by atoms with Crippen molar-refractivity contribution >= 4 is 0 Å². The van der Waals surface area contributed by atoms with Crippen molar-refractivity contribution in [1.29, 1.82) is 0 Å². The van der Waals surface area contributed by atoms with E-state index in [9.17, 15) is 0 Å². The molecule has 0 heterocycles. The minimum atomic E-state index is 0.224. The fourth-order valence-corrected chi connectivity index (χ4v) is 1.74. The van der Waals surface area contributed by atoms with Crippen molar-refractivity contribution in [3.8, 4) is 5.75 Å². The molecule has 1 aromatic rings. The average Bonchev–Trinajstić information content (AvgIpc) is 2.38. The van der Waals surface area contributed by atoms with Gasteiger partial charge in [0.2, 0.25) is 0 Å². The van der Waals surface area contributed by atoms with Crippen LogP contribution in [0.5, 0.6) is 5.75 Å². The summed E-state index contributed by atoms with van der Waals surface area (Å²) in [5.41, 5.74) is 1.21. The van der Waals surface area contributed by atoms with Gasteiger partial charge in [0.25, 0.3) is 0 Å². The molecule has 102 valence electrons. The monoisotopic (exact) mass is 251 g/mol. The molecule has 0 aliphatic carbocycles. The highest BCUT2D eigenvalue weighted by Gasteiger charge is 2.12. The summed E-state index contributed by atoms with van der Waals surface area (Å²) >= 11 is 0. The van der Waals surface area contributed by atoms with E-state index >= 15 is 0 Å². The van der Waals surface area contributed by atoms with Crippen molar-refractivity contribution in [3.05, 3.63) is 29.8 Å². The van der Waals surface area contributed by atoms with Gasteiger partial charge in [-0.25, -0.2) is 0 Å². The molecule has 0 saturated heterocycles. The lowest BCUT2D eigenvalue weighted by molar-refractivity contribution is 0.0611. The molecular formula is C15H25NO2. The van der Waals surface area contributed by atoms with Gasteiger partial charge >= 0.3 is 0 Å². The van der Waals surface area contributed by atoms with Gasteiger partial charge in [-0.05, 0) is 44.5 Å². The predicted molar refractivity (Wildman–Crippen MR) is 75.1 cm³/mol. The Labute approximate surface area is 110 Å². The molecule has 1 N–H and O–H groups in total. The van der Waals surface area contributed by atoms with Crippen molar-refractivity contribution in [2.45, 2.75) is 39.3 Å². The summed E-state index contributed by atoms with van der Waals surface area (Å²) in [6.07, 6.45) is 1.36. The van der Waals surface area contributed by atoms with Gasteiger partial charge in [0.15, 0.2) is 0 Å². The summed E-state index contributed by atoms with van der Waals surface area (Å²) in [6, 6.07) is 8.38. The molecule has 0 amide bonds. The average molecular weight is 251 g/mol. The molecule has 18 heavy (non-hydrogen) atoms. The first-order valence-corrected chi connectivity index (χ1v) is 6.66. The fraction of sp³-hybridized carbons (Fsp3) is 0.600. The maximum Gasteiger partial charge on any atom is 0.119 e. The Morgan fingerprint density at radius 1 is 1.28 bits per heavy atom. The van der Waals surface area contributed by atoms with Gasteiger partial charge in [-0.3, -0.25) is 0 Å². The van der Waals surface area contributed by atoms with Crippen LogP contribution in [-0.2, 0) is 4.74 Å². The molecule has 1 atom stereocenters. The second kappa shape index (κ2) is 8.11. The molecule has 0 fully saturated rings. The van der Waals surface area contributed by atoms with Crippen LogP contribution in [-0.4, -0.2) is 26.4 Å². The Hall–Kier alpha value is -1.06. The first-order chi connectivity index (χ1) is 8.67. The highest BCUT2D eigenvalue weighted by Crippen LogP contribution is 2.20. The molecule has 3 heteroatoms. The van der Waals surface area contributed by atoms with Gasteiger partial charge in [0.1, 0.15) is 5.75 Å². The predicted octanol–water partition coefficient (Wildman–Crippen LogP) is 3.16. The van der Waals surface area contributed by atoms with Gasteiger partial charge < -0.3 is 14.8 Å². The summed E-state index contributed by atoms with van der Waals surface area (Å²) in [5, 5.41) is 3.51. The quantitative estimate of drug-likeness (QED) is 0.770. The molecule has 0 spiro atoms. The number of rotatable bonds is 8. The lowest BCUT2D eigenvalue weighted by Crippen LogP contribution is -2.27. The Kier molecular flexibility index (Phi) is 6.76. The maximum atomic E-state index is 5.73. The van der Waals surface area contributed by atoms with Gasteiger partial charge in [-0.15, -0.1) is 0 Å². The third-order valence-electron chi connectivity index (χ3n) is 2.73. The normalized spacial score (nSPS) is 12.7. The van der Waals surface area contributed by atoms with Gasteiger partial charge in [0.05, 0.1) is 25.9 Å². The van der Waals surface area contributed by atoms with Crippen LogP contribution < -0.4 is 10.1 Å². The van der Waals surface area contributed by atoms with E-state index in [4.69, 9.17) is 9.47 Å². The second-order valence-electron chi connectivity index (χ2n) is 4.67. The third-order valence-corrected chi connectivity index (χ3v) is 2.73. The van der Waals surface area contributed by atoms with Crippen molar-refractivity contribution in [3.63, 3.8) is 0 Å². The lowest BCUT2D eigenvalue weighted by atomic mass is 10.1. The first kappa shape index (κ1) is 15.0. The van der Waals surface area contributed by atoms with Crippen LogP contribution in [0.3, 0.4) is 0 Å². The van der Waals surface area contributed by atoms with E-state index in [1.807, 2.05) is 12.1 Å². The first-order valence-electron chi connectivity index (χ1n) is 6.66. The highest BCUT2D eigenvalue weighted by molar-refractivity contribution is 5.30. The summed E-state index contributed by atoms with van der Waals surface area (Å²) in [5.74, 6) is 0.889. The van der Waals surface area contributed by atoms with Gasteiger partial charge in [0, 0.05) is 0 Å². The zero-order valence-corrected chi connectivity index (χ0v) is 11.9. The van der Waals surface area contributed by atoms with Crippen LogP contribution in [0.25, 0.3) is 0 Å². The van der Waals surface area contributed by atoms with E-state index in [2.05, 4.69) is 38.2 Å². The number of hydrogen-bond acceptors (Lipinski definition) is 3. The number of ether oxygens (including phenoxy) is 2. The molecule has 3 nitrogen and oxygen atoms in total. The highest BCUT2D eigenvalue weighted by atomic mass is 16.5. The Balaban J connectivity index is 2.72. The van der Waals surface area contributed by atoms with Crippen LogP contribution in [0.2, 0.25) is 0 Å². The maximum absolute atomic E-state index is 5.73. The number of benzene rings is 1. The summed E-state index contributed by atoms with van der Waals surface area (Å²) in [6.45, 7) is 7.96. The van der Waals surface area contributed by atoms with Crippen LogP contribution in [0.4, 0.5) is 0 Å². The van der Waals surface area contributed by atoms with E-state index in [1.165, 1.54) is 5.56 Å². The Morgan fingerprint density at radius 3 is 2.67 bits per heavy atom. The molecule has 0 radical (unpaired) electrons. The molecule has 0 aromatic heterocycles. The molecule has 1 aromatic carbocycles.